The lowest BCUT2D eigenvalue weighted by atomic mass is 10.1. The van der Waals surface area contributed by atoms with Crippen molar-refractivity contribution in [2.24, 2.45) is 0 Å². The van der Waals surface area contributed by atoms with Gasteiger partial charge in [-0.25, -0.2) is 0 Å². The Bertz CT molecular complexity index is 448. The molecule has 0 aromatic heterocycles. The molecular formula is C13H15NOS. The fourth-order valence-corrected chi connectivity index (χ4v) is 3.23. The average molecular weight is 233 g/mol. The van der Waals surface area contributed by atoms with Gasteiger partial charge in [-0.3, -0.25) is 4.21 Å². The molecule has 0 saturated carbocycles. The Kier molecular flexibility index (Phi) is 3.74. The van der Waals surface area contributed by atoms with Gasteiger partial charge >= 0.3 is 0 Å². The minimum atomic E-state index is -0.928. The number of nitrogens with zero attached hydrogens (tertiary/aromatic N) is 1. The van der Waals surface area contributed by atoms with E-state index in [2.05, 4.69) is 18.2 Å². The van der Waals surface area contributed by atoms with Crippen molar-refractivity contribution < 1.29 is 4.21 Å². The summed E-state index contributed by atoms with van der Waals surface area (Å²) in [5, 5.41) is 8.43. The maximum atomic E-state index is 11.9. The maximum absolute atomic E-state index is 11.9. The van der Waals surface area contributed by atoms with Crippen LogP contribution in [0, 0.1) is 11.3 Å². The molecule has 1 aliphatic rings. The van der Waals surface area contributed by atoms with Crippen LogP contribution < -0.4 is 0 Å². The molecule has 0 fully saturated rings. The van der Waals surface area contributed by atoms with Gasteiger partial charge in [0.15, 0.2) is 0 Å². The summed E-state index contributed by atoms with van der Waals surface area (Å²) in [4.78, 5) is 0.929. The van der Waals surface area contributed by atoms with Crippen LogP contribution in [0.1, 0.15) is 30.4 Å². The lowest BCUT2D eigenvalue weighted by Gasteiger charge is -2.04. The Morgan fingerprint density at radius 2 is 2.12 bits per heavy atom. The molecular weight excluding hydrogens is 218 g/mol. The Labute approximate surface area is 98.7 Å². The van der Waals surface area contributed by atoms with Crippen molar-refractivity contribution in [2.75, 3.05) is 5.75 Å². The number of nitriles is 1. The van der Waals surface area contributed by atoms with Gasteiger partial charge in [0.2, 0.25) is 0 Å². The summed E-state index contributed by atoms with van der Waals surface area (Å²) in [5.41, 5.74) is 2.78. The lowest BCUT2D eigenvalue weighted by Crippen LogP contribution is -1.99. The van der Waals surface area contributed by atoms with Gasteiger partial charge in [0.1, 0.15) is 0 Å². The van der Waals surface area contributed by atoms with E-state index in [1.54, 1.807) is 0 Å². The van der Waals surface area contributed by atoms with Gasteiger partial charge in [-0.1, -0.05) is 6.07 Å². The molecule has 3 heteroatoms. The van der Waals surface area contributed by atoms with Crippen molar-refractivity contribution in [1.82, 2.24) is 0 Å². The molecule has 2 rings (SSSR count). The van der Waals surface area contributed by atoms with E-state index in [0.29, 0.717) is 12.2 Å². The molecule has 1 aromatic rings. The summed E-state index contributed by atoms with van der Waals surface area (Å²) in [5.74, 6) is 0.604. The number of fused-ring (bicyclic) bond motifs is 1. The summed E-state index contributed by atoms with van der Waals surface area (Å²) in [6.07, 6.45) is 4.73. The number of rotatable bonds is 4. The smallest absolute Gasteiger partial charge is 0.0622 e. The Morgan fingerprint density at radius 3 is 2.94 bits per heavy atom. The van der Waals surface area contributed by atoms with E-state index in [1.807, 2.05) is 6.07 Å². The number of benzene rings is 1. The Morgan fingerprint density at radius 1 is 1.31 bits per heavy atom. The van der Waals surface area contributed by atoms with Gasteiger partial charge < -0.3 is 0 Å². The highest BCUT2D eigenvalue weighted by molar-refractivity contribution is 7.85. The van der Waals surface area contributed by atoms with Crippen molar-refractivity contribution in [2.45, 2.75) is 37.0 Å². The van der Waals surface area contributed by atoms with Gasteiger partial charge in [-0.15, -0.1) is 0 Å². The zero-order chi connectivity index (χ0) is 11.4. The molecule has 0 N–H and O–H groups in total. The first-order valence-corrected chi connectivity index (χ1v) is 7.00. The van der Waals surface area contributed by atoms with Gasteiger partial charge in [0.25, 0.3) is 0 Å². The third-order valence-electron chi connectivity index (χ3n) is 2.95. The zero-order valence-corrected chi connectivity index (χ0v) is 10.1. The Balaban J connectivity index is 2.04. The molecule has 0 amide bonds. The molecule has 1 atom stereocenters. The van der Waals surface area contributed by atoms with Gasteiger partial charge in [0, 0.05) is 17.1 Å². The van der Waals surface area contributed by atoms with E-state index < -0.39 is 10.8 Å². The molecule has 0 saturated heterocycles. The first-order chi connectivity index (χ1) is 7.81. The molecule has 0 radical (unpaired) electrons. The standard InChI is InChI=1S/C13H15NOS/c14-8-1-2-9-16(15)13-7-6-11-4-3-5-12(11)10-13/h6-7,10H,1-5,9H2. The van der Waals surface area contributed by atoms with E-state index in [1.165, 1.54) is 17.5 Å². The second-order valence-corrected chi connectivity index (χ2v) is 5.67. The lowest BCUT2D eigenvalue weighted by molar-refractivity contribution is 0.680. The minimum absolute atomic E-state index is 0.497. The highest BCUT2D eigenvalue weighted by Crippen LogP contribution is 2.24. The maximum Gasteiger partial charge on any atom is 0.0622 e. The molecule has 1 aliphatic carbocycles. The molecule has 1 unspecified atom stereocenters. The van der Waals surface area contributed by atoms with Crippen molar-refractivity contribution in [1.29, 1.82) is 5.26 Å². The highest BCUT2D eigenvalue weighted by atomic mass is 32.2. The van der Waals surface area contributed by atoms with Crippen LogP contribution >= 0.6 is 0 Å². The Hall–Kier alpha value is -1.14. The number of hydrogen-bond acceptors (Lipinski definition) is 2. The van der Waals surface area contributed by atoms with Crippen LogP contribution in [0.2, 0.25) is 0 Å². The van der Waals surface area contributed by atoms with Gasteiger partial charge in [0.05, 0.1) is 16.9 Å². The molecule has 1 aromatic carbocycles. The summed E-state index contributed by atoms with van der Waals surface area (Å²) < 4.78 is 11.9. The molecule has 0 aliphatic heterocycles. The quantitative estimate of drug-likeness (QED) is 0.750. The van der Waals surface area contributed by atoms with Crippen LogP contribution in [0.25, 0.3) is 0 Å². The molecule has 84 valence electrons. The van der Waals surface area contributed by atoms with Crippen LogP contribution in [0.15, 0.2) is 23.1 Å². The summed E-state index contributed by atoms with van der Waals surface area (Å²) >= 11 is 0. The van der Waals surface area contributed by atoms with E-state index in [4.69, 9.17) is 5.26 Å². The fourth-order valence-electron chi connectivity index (χ4n) is 2.09. The first-order valence-electron chi connectivity index (χ1n) is 5.68. The van der Waals surface area contributed by atoms with Crippen LogP contribution in [0.5, 0.6) is 0 Å². The van der Waals surface area contributed by atoms with Gasteiger partial charge in [-0.05, 0) is 48.9 Å². The largest absolute Gasteiger partial charge is 0.254 e. The molecule has 0 heterocycles. The van der Waals surface area contributed by atoms with Crippen molar-refractivity contribution >= 4 is 10.8 Å². The topological polar surface area (TPSA) is 40.9 Å². The monoisotopic (exact) mass is 233 g/mol. The molecule has 2 nitrogen and oxygen atoms in total. The van der Waals surface area contributed by atoms with E-state index >= 15 is 0 Å². The molecule has 0 bridgehead atoms. The average Bonchev–Trinajstić information content (AvgIpc) is 2.76. The first kappa shape index (κ1) is 11.3. The second kappa shape index (κ2) is 5.27. The molecule has 16 heavy (non-hydrogen) atoms. The number of hydrogen-bond donors (Lipinski definition) is 0. The second-order valence-electron chi connectivity index (χ2n) is 4.10. The van der Waals surface area contributed by atoms with Crippen molar-refractivity contribution in [3.63, 3.8) is 0 Å². The number of unbranched alkanes of at least 4 members (excludes halogenated alkanes) is 1. The SMILES string of the molecule is N#CCCCS(=O)c1ccc2c(c1)CCC2. The van der Waals surface area contributed by atoms with Gasteiger partial charge in [-0.2, -0.15) is 5.26 Å². The van der Waals surface area contributed by atoms with Crippen molar-refractivity contribution in [3.8, 4) is 6.07 Å². The minimum Gasteiger partial charge on any atom is -0.254 e. The summed E-state index contributed by atoms with van der Waals surface area (Å²) in [7, 11) is -0.928. The zero-order valence-electron chi connectivity index (χ0n) is 9.24. The van der Waals surface area contributed by atoms with E-state index in [-0.39, 0.29) is 0 Å². The fraction of sp³-hybridized carbons (Fsp3) is 0.462. The predicted octanol–water partition coefficient (Wildman–Crippen LogP) is 2.59. The molecule has 0 spiro atoms. The number of aryl methyl sites for hydroxylation is 2. The van der Waals surface area contributed by atoms with Crippen LogP contribution in [0.4, 0.5) is 0 Å². The third-order valence-corrected chi connectivity index (χ3v) is 4.39. The van der Waals surface area contributed by atoms with Crippen molar-refractivity contribution in [3.05, 3.63) is 29.3 Å². The normalized spacial score (nSPS) is 15.4. The highest BCUT2D eigenvalue weighted by Gasteiger charge is 2.12. The third kappa shape index (κ3) is 2.51. The predicted molar refractivity (Wildman–Crippen MR) is 64.6 cm³/mol. The summed E-state index contributed by atoms with van der Waals surface area (Å²) in [6.45, 7) is 0. The van der Waals surface area contributed by atoms with E-state index in [0.717, 1.165) is 24.2 Å². The van der Waals surface area contributed by atoms with E-state index in [9.17, 15) is 4.21 Å². The van der Waals surface area contributed by atoms with Crippen LogP contribution in [-0.2, 0) is 23.6 Å². The van der Waals surface area contributed by atoms with Crippen LogP contribution in [0.3, 0.4) is 0 Å². The van der Waals surface area contributed by atoms with Crippen LogP contribution in [-0.4, -0.2) is 9.96 Å². The summed E-state index contributed by atoms with van der Waals surface area (Å²) in [6, 6.07) is 8.26.